The maximum atomic E-state index is 11.6. The molecule has 0 aliphatic heterocycles. The number of hydrogen-bond acceptors (Lipinski definition) is 2. The van der Waals surface area contributed by atoms with E-state index >= 15 is 0 Å². The van der Waals surface area contributed by atoms with Crippen molar-refractivity contribution in [1.29, 1.82) is 0 Å². The van der Waals surface area contributed by atoms with Gasteiger partial charge in [-0.1, -0.05) is 32.4 Å². The molecule has 0 saturated carbocycles. The molecule has 1 atom stereocenters. The van der Waals surface area contributed by atoms with E-state index in [-0.39, 0.29) is 17.6 Å². The van der Waals surface area contributed by atoms with E-state index in [1.807, 2.05) is 19.1 Å². The lowest BCUT2D eigenvalue weighted by atomic mass is 10.1. The van der Waals surface area contributed by atoms with Gasteiger partial charge in [0.2, 0.25) is 5.91 Å². The van der Waals surface area contributed by atoms with E-state index in [2.05, 4.69) is 12.2 Å². The summed E-state index contributed by atoms with van der Waals surface area (Å²) in [5.41, 5.74) is 1.12. The zero-order valence-electron chi connectivity index (χ0n) is 10.6. The third-order valence-electron chi connectivity index (χ3n) is 2.82. The first-order valence-electron chi connectivity index (χ1n) is 6.19. The first-order chi connectivity index (χ1) is 8.13. The minimum Gasteiger partial charge on any atom is -0.508 e. The molecule has 0 saturated heterocycles. The van der Waals surface area contributed by atoms with Crippen molar-refractivity contribution < 1.29 is 9.90 Å². The number of carbonyl (C=O) groups is 1. The molecule has 17 heavy (non-hydrogen) atoms. The molecule has 94 valence electrons. The summed E-state index contributed by atoms with van der Waals surface area (Å²) in [4.78, 5) is 11.6. The van der Waals surface area contributed by atoms with Gasteiger partial charge in [0, 0.05) is 12.5 Å². The van der Waals surface area contributed by atoms with Gasteiger partial charge in [-0.25, -0.2) is 0 Å². The Morgan fingerprint density at radius 1 is 1.35 bits per heavy atom. The predicted molar refractivity (Wildman–Crippen MR) is 68.9 cm³/mol. The van der Waals surface area contributed by atoms with Crippen molar-refractivity contribution in [3.8, 4) is 5.75 Å². The van der Waals surface area contributed by atoms with Gasteiger partial charge in [-0.15, -0.1) is 0 Å². The van der Waals surface area contributed by atoms with Crippen LogP contribution in [0.25, 0.3) is 0 Å². The van der Waals surface area contributed by atoms with Crippen LogP contribution in [0.5, 0.6) is 5.75 Å². The highest BCUT2D eigenvalue weighted by Crippen LogP contribution is 2.10. The Kier molecular flexibility index (Phi) is 5.53. The lowest BCUT2D eigenvalue weighted by Gasteiger charge is -2.10. The molecule has 3 nitrogen and oxygen atoms in total. The SMILES string of the molecule is CCCC(C)C(=O)NCCc1ccc(O)cc1. The number of aromatic hydroxyl groups is 1. The van der Waals surface area contributed by atoms with Gasteiger partial charge in [-0.05, 0) is 30.5 Å². The van der Waals surface area contributed by atoms with Crippen molar-refractivity contribution in [2.45, 2.75) is 33.1 Å². The topological polar surface area (TPSA) is 49.3 Å². The molecule has 1 aromatic rings. The van der Waals surface area contributed by atoms with Crippen LogP contribution in [-0.2, 0) is 11.2 Å². The minimum absolute atomic E-state index is 0.0971. The molecule has 1 aromatic carbocycles. The van der Waals surface area contributed by atoms with Gasteiger partial charge < -0.3 is 10.4 Å². The molecule has 1 unspecified atom stereocenters. The summed E-state index contributed by atoms with van der Waals surface area (Å²) in [5, 5.41) is 12.1. The predicted octanol–water partition coefficient (Wildman–Crippen LogP) is 2.49. The van der Waals surface area contributed by atoms with Crippen LogP contribution in [0.1, 0.15) is 32.3 Å². The summed E-state index contributed by atoms with van der Waals surface area (Å²) in [6.07, 6.45) is 2.77. The smallest absolute Gasteiger partial charge is 0.222 e. The molecule has 0 aromatic heterocycles. The molecule has 0 heterocycles. The summed E-state index contributed by atoms with van der Waals surface area (Å²) in [7, 11) is 0. The van der Waals surface area contributed by atoms with E-state index in [9.17, 15) is 4.79 Å². The number of rotatable bonds is 6. The Balaban J connectivity index is 2.28. The van der Waals surface area contributed by atoms with Crippen LogP contribution < -0.4 is 5.32 Å². The second-order valence-electron chi connectivity index (χ2n) is 4.40. The molecular formula is C14H21NO2. The normalized spacial score (nSPS) is 12.1. The van der Waals surface area contributed by atoms with E-state index < -0.39 is 0 Å². The van der Waals surface area contributed by atoms with Gasteiger partial charge in [0.1, 0.15) is 5.75 Å². The second-order valence-corrected chi connectivity index (χ2v) is 4.40. The van der Waals surface area contributed by atoms with E-state index in [4.69, 9.17) is 5.11 Å². The van der Waals surface area contributed by atoms with Gasteiger partial charge in [0.05, 0.1) is 0 Å². The van der Waals surface area contributed by atoms with Crippen LogP contribution in [0.4, 0.5) is 0 Å². The lowest BCUT2D eigenvalue weighted by molar-refractivity contribution is -0.124. The van der Waals surface area contributed by atoms with Crippen LogP contribution in [0.2, 0.25) is 0 Å². The second kappa shape index (κ2) is 6.94. The molecule has 0 aliphatic rings. The van der Waals surface area contributed by atoms with E-state index in [1.165, 1.54) is 0 Å². The Morgan fingerprint density at radius 2 is 2.00 bits per heavy atom. The van der Waals surface area contributed by atoms with Crippen molar-refractivity contribution in [3.63, 3.8) is 0 Å². The molecule has 3 heteroatoms. The highest BCUT2D eigenvalue weighted by molar-refractivity contribution is 5.78. The summed E-state index contributed by atoms with van der Waals surface area (Å²) in [6, 6.07) is 7.07. The van der Waals surface area contributed by atoms with Crippen molar-refractivity contribution in [2.24, 2.45) is 5.92 Å². The molecule has 0 aliphatic carbocycles. The van der Waals surface area contributed by atoms with Crippen molar-refractivity contribution >= 4 is 5.91 Å². The van der Waals surface area contributed by atoms with Gasteiger partial charge in [-0.2, -0.15) is 0 Å². The number of phenols is 1. The summed E-state index contributed by atoms with van der Waals surface area (Å²) < 4.78 is 0. The number of hydrogen-bond donors (Lipinski definition) is 2. The average Bonchev–Trinajstić information content (AvgIpc) is 2.32. The molecule has 0 spiro atoms. The fourth-order valence-electron chi connectivity index (χ4n) is 1.73. The van der Waals surface area contributed by atoms with Crippen LogP contribution in [0, 0.1) is 5.92 Å². The average molecular weight is 235 g/mol. The summed E-state index contributed by atoms with van der Waals surface area (Å²) >= 11 is 0. The van der Waals surface area contributed by atoms with Crippen molar-refractivity contribution in [1.82, 2.24) is 5.32 Å². The fourth-order valence-corrected chi connectivity index (χ4v) is 1.73. The van der Waals surface area contributed by atoms with Crippen molar-refractivity contribution in [3.05, 3.63) is 29.8 Å². The molecule has 0 bridgehead atoms. The summed E-state index contributed by atoms with van der Waals surface area (Å²) in [6.45, 7) is 4.69. The van der Waals surface area contributed by atoms with E-state index in [0.717, 1.165) is 24.8 Å². The zero-order chi connectivity index (χ0) is 12.7. The quantitative estimate of drug-likeness (QED) is 0.796. The van der Waals surface area contributed by atoms with Gasteiger partial charge >= 0.3 is 0 Å². The molecular weight excluding hydrogens is 214 g/mol. The Hall–Kier alpha value is -1.51. The van der Waals surface area contributed by atoms with Crippen LogP contribution in [-0.4, -0.2) is 17.6 Å². The lowest BCUT2D eigenvalue weighted by Crippen LogP contribution is -2.30. The van der Waals surface area contributed by atoms with E-state index in [1.54, 1.807) is 12.1 Å². The van der Waals surface area contributed by atoms with Gasteiger partial charge in [-0.3, -0.25) is 4.79 Å². The fraction of sp³-hybridized carbons (Fsp3) is 0.500. The molecule has 0 fully saturated rings. The number of benzene rings is 1. The molecule has 2 N–H and O–H groups in total. The molecule has 1 rings (SSSR count). The third kappa shape index (κ3) is 4.89. The standard InChI is InChI=1S/C14H21NO2/c1-3-4-11(2)14(17)15-10-9-12-5-7-13(16)8-6-12/h5-8,11,16H,3-4,9-10H2,1-2H3,(H,15,17). The maximum Gasteiger partial charge on any atom is 0.222 e. The van der Waals surface area contributed by atoms with Crippen LogP contribution in [0.3, 0.4) is 0 Å². The summed E-state index contributed by atoms with van der Waals surface area (Å²) in [5.74, 6) is 0.500. The Bertz CT molecular complexity index is 346. The third-order valence-corrected chi connectivity index (χ3v) is 2.82. The highest BCUT2D eigenvalue weighted by atomic mass is 16.3. The molecule has 1 amide bonds. The highest BCUT2D eigenvalue weighted by Gasteiger charge is 2.10. The number of carbonyl (C=O) groups excluding carboxylic acids is 1. The first kappa shape index (κ1) is 13.6. The van der Waals surface area contributed by atoms with Crippen LogP contribution in [0.15, 0.2) is 24.3 Å². The first-order valence-corrected chi connectivity index (χ1v) is 6.19. The largest absolute Gasteiger partial charge is 0.508 e. The monoisotopic (exact) mass is 235 g/mol. The van der Waals surface area contributed by atoms with Crippen LogP contribution >= 0.6 is 0 Å². The number of amides is 1. The Labute approximate surface area is 103 Å². The number of nitrogens with one attached hydrogen (secondary N) is 1. The van der Waals surface area contributed by atoms with Gasteiger partial charge in [0.25, 0.3) is 0 Å². The van der Waals surface area contributed by atoms with Gasteiger partial charge in [0.15, 0.2) is 0 Å². The number of phenolic OH excluding ortho intramolecular Hbond substituents is 1. The maximum absolute atomic E-state index is 11.6. The minimum atomic E-state index is 0.0971. The van der Waals surface area contributed by atoms with Crippen molar-refractivity contribution in [2.75, 3.05) is 6.54 Å². The Morgan fingerprint density at radius 3 is 2.59 bits per heavy atom. The zero-order valence-corrected chi connectivity index (χ0v) is 10.6. The van der Waals surface area contributed by atoms with E-state index in [0.29, 0.717) is 6.54 Å². The molecule has 0 radical (unpaired) electrons.